The molecule has 0 aliphatic heterocycles. The van der Waals surface area contributed by atoms with E-state index in [1.165, 1.54) is 0 Å². The van der Waals surface area contributed by atoms with Crippen molar-refractivity contribution in [3.8, 4) is 22.5 Å². The lowest BCUT2D eigenvalue weighted by Crippen LogP contribution is -1.95. The van der Waals surface area contributed by atoms with Crippen molar-refractivity contribution in [3.63, 3.8) is 0 Å². The number of hydrogen-bond acceptors (Lipinski definition) is 2. The standard InChI is InChI=1S/C18H11Cl2N3/c19-14-5-1-12(2-6-14)16-11-23-10-9-21-18(23)17(22-16)13-3-7-15(20)8-4-13/h1-11H. The van der Waals surface area contributed by atoms with Gasteiger partial charge in [0.15, 0.2) is 5.65 Å². The highest BCUT2D eigenvalue weighted by molar-refractivity contribution is 6.30. The van der Waals surface area contributed by atoms with Crippen molar-refractivity contribution in [1.29, 1.82) is 0 Å². The van der Waals surface area contributed by atoms with Gasteiger partial charge in [0.2, 0.25) is 0 Å². The second-order valence-corrected chi connectivity index (χ2v) is 6.02. The topological polar surface area (TPSA) is 30.2 Å². The maximum absolute atomic E-state index is 5.98. The van der Waals surface area contributed by atoms with E-state index in [4.69, 9.17) is 28.2 Å². The predicted octanol–water partition coefficient (Wildman–Crippen LogP) is 5.37. The van der Waals surface area contributed by atoms with Gasteiger partial charge in [-0.05, 0) is 24.3 Å². The molecule has 112 valence electrons. The highest BCUT2D eigenvalue weighted by Crippen LogP contribution is 2.27. The molecule has 0 atom stereocenters. The molecule has 3 nitrogen and oxygen atoms in total. The van der Waals surface area contributed by atoms with Crippen molar-refractivity contribution in [2.45, 2.75) is 0 Å². The fraction of sp³-hybridized carbons (Fsp3) is 0. The van der Waals surface area contributed by atoms with Crippen LogP contribution in [-0.4, -0.2) is 14.4 Å². The van der Waals surface area contributed by atoms with E-state index in [0.29, 0.717) is 10.0 Å². The van der Waals surface area contributed by atoms with Crippen LogP contribution in [-0.2, 0) is 0 Å². The highest BCUT2D eigenvalue weighted by Gasteiger charge is 2.11. The predicted molar refractivity (Wildman–Crippen MR) is 93.9 cm³/mol. The van der Waals surface area contributed by atoms with Gasteiger partial charge in [-0.2, -0.15) is 0 Å². The SMILES string of the molecule is Clc1ccc(-c2cn3ccnc3c(-c3ccc(Cl)cc3)n2)cc1. The quantitative estimate of drug-likeness (QED) is 0.491. The summed E-state index contributed by atoms with van der Waals surface area (Å²) in [6, 6.07) is 15.2. The van der Waals surface area contributed by atoms with E-state index in [2.05, 4.69) is 4.98 Å². The Labute approximate surface area is 143 Å². The van der Waals surface area contributed by atoms with Gasteiger partial charge < -0.3 is 4.40 Å². The van der Waals surface area contributed by atoms with Crippen LogP contribution in [0.1, 0.15) is 0 Å². The van der Waals surface area contributed by atoms with E-state index >= 15 is 0 Å². The third-order valence-corrected chi connectivity index (χ3v) is 4.14. The number of fused-ring (bicyclic) bond motifs is 1. The van der Waals surface area contributed by atoms with Crippen LogP contribution >= 0.6 is 23.2 Å². The first-order chi connectivity index (χ1) is 11.2. The number of rotatable bonds is 2. The van der Waals surface area contributed by atoms with Gasteiger partial charge in [0, 0.05) is 39.8 Å². The van der Waals surface area contributed by atoms with Crippen LogP contribution in [0.15, 0.2) is 67.1 Å². The van der Waals surface area contributed by atoms with Gasteiger partial charge in [-0.25, -0.2) is 9.97 Å². The third kappa shape index (κ3) is 2.69. The third-order valence-electron chi connectivity index (χ3n) is 3.63. The van der Waals surface area contributed by atoms with Crippen molar-refractivity contribution in [2.24, 2.45) is 0 Å². The average Bonchev–Trinajstić information content (AvgIpc) is 3.04. The van der Waals surface area contributed by atoms with Crippen molar-refractivity contribution < 1.29 is 0 Å². The highest BCUT2D eigenvalue weighted by atomic mass is 35.5. The second kappa shape index (κ2) is 5.69. The van der Waals surface area contributed by atoms with Gasteiger partial charge in [-0.3, -0.25) is 0 Å². The van der Waals surface area contributed by atoms with Crippen molar-refractivity contribution in [1.82, 2.24) is 14.4 Å². The van der Waals surface area contributed by atoms with E-state index in [0.717, 1.165) is 28.2 Å². The average molecular weight is 340 g/mol. The molecule has 4 rings (SSSR count). The second-order valence-electron chi connectivity index (χ2n) is 5.15. The fourth-order valence-electron chi connectivity index (χ4n) is 2.49. The Morgan fingerprint density at radius 3 is 2.04 bits per heavy atom. The van der Waals surface area contributed by atoms with E-state index in [9.17, 15) is 0 Å². The molecule has 0 saturated heterocycles. The lowest BCUT2D eigenvalue weighted by molar-refractivity contribution is 1.13. The minimum absolute atomic E-state index is 0.696. The van der Waals surface area contributed by atoms with Crippen molar-refractivity contribution in [2.75, 3.05) is 0 Å². The van der Waals surface area contributed by atoms with Crippen LogP contribution in [0, 0.1) is 0 Å². The molecular formula is C18H11Cl2N3. The fourth-order valence-corrected chi connectivity index (χ4v) is 2.74. The Bertz CT molecular complexity index is 974. The monoisotopic (exact) mass is 339 g/mol. The molecule has 23 heavy (non-hydrogen) atoms. The van der Waals surface area contributed by atoms with Gasteiger partial charge >= 0.3 is 0 Å². The summed E-state index contributed by atoms with van der Waals surface area (Å²) in [6.45, 7) is 0. The van der Waals surface area contributed by atoms with Gasteiger partial charge in [-0.1, -0.05) is 47.5 Å². The van der Waals surface area contributed by atoms with Crippen molar-refractivity contribution >= 4 is 28.8 Å². The molecule has 2 aromatic heterocycles. The van der Waals surface area contributed by atoms with Crippen LogP contribution in [0.4, 0.5) is 0 Å². The molecule has 4 aromatic rings. The largest absolute Gasteiger partial charge is 0.303 e. The normalized spacial score (nSPS) is 11.0. The number of imidazole rings is 1. The smallest absolute Gasteiger partial charge is 0.163 e. The summed E-state index contributed by atoms with van der Waals surface area (Å²) >= 11 is 12.0. The number of benzene rings is 2. The van der Waals surface area contributed by atoms with Crippen LogP contribution in [0.25, 0.3) is 28.2 Å². The van der Waals surface area contributed by atoms with Gasteiger partial charge in [0.1, 0.15) is 5.69 Å². The first kappa shape index (κ1) is 14.2. The zero-order chi connectivity index (χ0) is 15.8. The molecule has 2 aromatic carbocycles. The summed E-state index contributed by atoms with van der Waals surface area (Å²) in [7, 11) is 0. The maximum Gasteiger partial charge on any atom is 0.163 e. The molecule has 0 spiro atoms. The summed E-state index contributed by atoms with van der Waals surface area (Å²) in [4.78, 5) is 9.22. The molecular weight excluding hydrogens is 329 g/mol. The molecule has 0 aliphatic rings. The molecule has 5 heteroatoms. The molecule has 0 amide bonds. The zero-order valence-electron chi connectivity index (χ0n) is 11.9. The molecule has 0 radical (unpaired) electrons. The summed E-state index contributed by atoms with van der Waals surface area (Å²) in [6.07, 6.45) is 5.64. The Hall–Kier alpha value is -2.36. The van der Waals surface area contributed by atoms with E-state index < -0.39 is 0 Å². The summed E-state index contributed by atoms with van der Waals surface area (Å²) < 4.78 is 1.97. The minimum atomic E-state index is 0.696. The Kier molecular flexibility index (Phi) is 3.52. The first-order valence-electron chi connectivity index (χ1n) is 7.06. The summed E-state index contributed by atoms with van der Waals surface area (Å²) in [5, 5.41) is 1.40. The number of halogens is 2. The minimum Gasteiger partial charge on any atom is -0.303 e. The molecule has 0 bridgehead atoms. The van der Waals surface area contributed by atoms with E-state index in [1.54, 1.807) is 6.20 Å². The molecule has 0 N–H and O–H groups in total. The van der Waals surface area contributed by atoms with Gasteiger partial charge in [0.05, 0.1) is 5.69 Å². The van der Waals surface area contributed by atoms with Crippen LogP contribution in [0.2, 0.25) is 10.0 Å². The van der Waals surface area contributed by atoms with Crippen LogP contribution in [0.3, 0.4) is 0 Å². The molecule has 0 saturated carbocycles. The number of hydrogen-bond donors (Lipinski definition) is 0. The first-order valence-corrected chi connectivity index (χ1v) is 7.82. The zero-order valence-corrected chi connectivity index (χ0v) is 13.5. The lowest BCUT2D eigenvalue weighted by Gasteiger charge is -2.08. The molecule has 0 unspecified atom stereocenters. The van der Waals surface area contributed by atoms with Gasteiger partial charge in [-0.15, -0.1) is 0 Å². The Morgan fingerprint density at radius 2 is 1.39 bits per heavy atom. The molecule has 2 heterocycles. The van der Waals surface area contributed by atoms with Gasteiger partial charge in [0.25, 0.3) is 0 Å². The van der Waals surface area contributed by atoms with Crippen LogP contribution < -0.4 is 0 Å². The summed E-state index contributed by atoms with van der Waals surface area (Å²) in [5.41, 5.74) is 4.46. The molecule has 0 fully saturated rings. The maximum atomic E-state index is 5.98. The number of aromatic nitrogens is 3. The van der Waals surface area contributed by atoms with Crippen molar-refractivity contribution in [3.05, 3.63) is 77.2 Å². The Morgan fingerprint density at radius 1 is 0.783 bits per heavy atom. The van der Waals surface area contributed by atoms with Crippen LogP contribution in [0.5, 0.6) is 0 Å². The number of nitrogens with zero attached hydrogens (tertiary/aromatic N) is 3. The molecule has 0 aliphatic carbocycles. The Balaban J connectivity index is 1.94. The lowest BCUT2D eigenvalue weighted by atomic mass is 10.1. The summed E-state index contributed by atoms with van der Waals surface area (Å²) in [5.74, 6) is 0. The van der Waals surface area contributed by atoms with E-state index in [-0.39, 0.29) is 0 Å². The van der Waals surface area contributed by atoms with E-state index in [1.807, 2.05) is 65.3 Å².